The number of aryl methyl sites for hydroxylation is 1. The molecule has 0 radical (unpaired) electrons. The van der Waals surface area contributed by atoms with Crippen molar-refractivity contribution in [2.24, 2.45) is 0 Å². The minimum absolute atomic E-state index is 0.00457. The minimum Gasteiger partial charge on any atom is -0.497 e. The number of aromatic nitrogens is 2. The summed E-state index contributed by atoms with van der Waals surface area (Å²) < 4.78 is 79.4. The van der Waals surface area contributed by atoms with E-state index in [4.69, 9.17) is 9.52 Å². The van der Waals surface area contributed by atoms with Crippen molar-refractivity contribution >= 4 is 10.6 Å². The van der Waals surface area contributed by atoms with E-state index in [-0.39, 0.29) is 16.9 Å². The van der Waals surface area contributed by atoms with Crippen molar-refractivity contribution in [3.05, 3.63) is 59.5 Å². The van der Waals surface area contributed by atoms with Crippen molar-refractivity contribution in [1.29, 1.82) is 4.78 Å². The van der Waals surface area contributed by atoms with Crippen molar-refractivity contribution in [2.75, 3.05) is 7.11 Å². The highest BCUT2D eigenvalue weighted by Crippen LogP contribution is 2.35. The highest BCUT2D eigenvalue weighted by Gasteiger charge is 2.35. The first-order valence-corrected chi connectivity index (χ1v) is 9.02. The third-order valence-electron chi connectivity index (χ3n) is 4.07. The zero-order valence-electron chi connectivity index (χ0n) is 14.7. The fraction of sp³-hybridized carbons (Fsp3) is 0.167. The van der Waals surface area contributed by atoms with Crippen LogP contribution in [0.4, 0.5) is 17.6 Å². The number of halogens is 4. The Morgan fingerprint density at radius 3 is 2.32 bits per heavy atom. The Labute approximate surface area is 159 Å². The number of methoxy groups -OCH3 is 1. The molecule has 0 aliphatic heterocycles. The van der Waals surface area contributed by atoms with Crippen LogP contribution in [0.1, 0.15) is 11.3 Å². The number of alkyl halides is 3. The summed E-state index contributed by atoms with van der Waals surface area (Å²) in [6, 6.07) is 9.59. The van der Waals surface area contributed by atoms with Gasteiger partial charge in [-0.15, -0.1) is 0 Å². The second-order valence-corrected chi connectivity index (χ2v) is 6.81. The minimum atomic E-state index is -4.74. The van der Waals surface area contributed by atoms with Crippen molar-refractivity contribution in [3.8, 4) is 22.7 Å². The van der Waals surface area contributed by atoms with Gasteiger partial charge >= 0.3 is 6.18 Å². The normalized spacial score (nSPS) is 11.8. The average molecular weight is 412 g/mol. The smallest absolute Gasteiger partial charge is 0.435 e. The predicted molar refractivity (Wildman–Crippen MR) is 94.3 cm³/mol. The lowest BCUT2D eigenvalue weighted by molar-refractivity contribution is -0.141. The summed E-state index contributed by atoms with van der Waals surface area (Å²) in [5, 5.41) is 3.56. The number of rotatable bonds is 4. The van der Waals surface area contributed by atoms with Crippen LogP contribution in [-0.4, -0.2) is 16.9 Å². The molecule has 10 heteroatoms. The number of nitrogens with one attached hydrogen (secondary N) is 1. The summed E-state index contributed by atoms with van der Waals surface area (Å²) in [5.41, 5.74) is -0.913. The van der Waals surface area contributed by atoms with Crippen LogP contribution in [0.5, 0.6) is 5.75 Å². The van der Waals surface area contributed by atoms with Gasteiger partial charge in [0.2, 0.25) is 0 Å². The molecule has 3 rings (SSSR count). The molecule has 28 heavy (non-hydrogen) atoms. The molecule has 0 atom stereocenters. The Hall–Kier alpha value is -2.88. The van der Waals surface area contributed by atoms with Crippen LogP contribution < -0.4 is 4.74 Å². The van der Waals surface area contributed by atoms with Gasteiger partial charge in [-0.05, 0) is 53.8 Å². The van der Waals surface area contributed by atoms with Gasteiger partial charge in [0.1, 0.15) is 11.6 Å². The molecule has 0 unspecified atom stereocenters. The third kappa shape index (κ3) is 3.59. The first-order chi connectivity index (χ1) is 13.1. The molecule has 0 bridgehead atoms. The third-order valence-corrected chi connectivity index (χ3v) is 4.83. The van der Waals surface area contributed by atoms with Crippen molar-refractivity contribution in [2.45, 2.75) is 18.0 Å². The van der Waals surface area contributed by atoms with E-state index in [1.54, 1.807) is 12.1 Å². The molecule has 0 fully saturated rings. The summed E-state index contributed by atoms with van der Waals surface area (Å²) >= 11 is 0. The maximum absolute atomic E-state index is 14.5. The van der Waals surface area contributed by atoms with Crippen LogP contribution in [-0.2, 0) is 21.0 Å². The van der Waals surface area contributed by atoms with E-state index in [2.05, 4.69) is 5.10 Å². The zero-order chi connectivity index (χ0) is 20.6. The number of nitrogens with zero attached hydrogens (tertiary/aromatic N) is 2. The van der Waals surface area contributed by atoms with Crippen LogP contribution in [0, 0.1) is 17.5 Å². The molecule has 0 spiro atoms. The predicted octanol–water partition coefficient (Wildman–Crippen LogP) is 5.10. The summed E-state index contributed by atoms with van der Waals surface area (Å²) in [4.78, 5) is -0.536. The molecule has 3 aromatic rings. The molecular weight excluding hydrogens is 398 g/mol. The second-order valence-electron chi connectivity index (χ2n) is 5.87. The SMILES string of the molecule is COc1ccc(-c2cc(C(F)(F)F)nn2-c2ccc(C)c(F)c2[S-](=N)=O)cc1. The first kappa shape index (κ1) is 19.9. The van der Waals surface area contributed by atoms with Gasteiger partial charge in [-0.3, -0.25) is 0 Å². The molecule has 0 amide bonds. The number of benzene rings is 2. The molecule has 2 aromatic carbocycles. The zero-order valence-corrected chi connectivity index (χ0v) is 15.5. The standard InChI is InChI=1S/C18H14F4N3O2S/c1-10-3-8-13(17(16(10)19)28(23)26)25-14(9-15(24-25)18(20,21)22)11-4-6-12(27-2)7-5-11/h3-9,23H,1-2H3/q-1. The lowest BCUT2D eigenvalue weighted by atomic mass is 10.1. The fourth-order valence-electron chi connectivity index (χ4n) is 2.66. The molecule has 148 valence electrons. The maximum Gasteiger partial charge on any atom is 0.435 e. The highest BCUT2D eigenvalue weighted by molar-refractivity contribution is 7.73. The van der Waals surface area contributed by atoms with Crippen LogP contribution in [0.3, 0.4) is 0 Å². The molecule has 1 N–H and O–H groups in total. The van der Waals surface area contributed by atoms with Crippen LogP contribution in [0.2, 0.25) is 0 Å². The van der Waals surface area contributed by atoms with E-state index < -0.39 is 33.2 Å². The van der Waals surface area contributed by atoms with E-state index in [0.29, 0.717) is 11.3 Å². The topological polar surface area (TPSA) is 68.0 Å². The van der Waals surface area contributed by atoms with Crippen molar-refractivity contribution in [1.82, 2.24) is 9.78 Å². The number of hydrogen-bond donors (Lipinski definition) is 1. The lowest BCUT2D eigenvalue weighted by Crippen LogP contribution is -2.09. The largest absolute Gasteiger partial charge is 0.497 e. The maximum atomic E-state index is 14.5. The molecule has 0 aliphatic rings. The van der Waals surface area contributed by atoms with Gasteiger partial charge in [0, 0.05) is 5.56 Å². The van der Waals surface area contributed by atoms with Gasteiger partial charge in [0.25, 0.3) is 0 Å². The molecule has 5 nitrogen and oxygen atoms in total. The summed E-state index contributed by atoms with van der Waals surface area (Å²) in [6.45, 7) is 1.41. The van der Waals surface area contributed by atoms with E-state index >= 15 is 0 Å². The summed E-state index contributed by atoms with van der Waals surface area (Å²) in [5.74, 6) is -0.421. The van der Waals surface area contributed by atoms with Gasteiger partial charge in [0.05, 0.1) is 18.5 Å². The Morgan fingerprint density at radius 1 is 1.14 bits per heavy atom. The summed E-state index contributed by atoms with van der Waals surface area (Å²) in [7, 11) is -1.08. The molecule has 0 saturated carbocycles. The summed E-state index contributed by atoms with van der Waals surface area (Å²) in [6.07, 6.45) is -4.74. The Balaban J connectivity index is 2.32. The van der Waals surface area contributed by atoms with Crippen LogP contribution in [0.15, 0.2) is 47.4 Å². The van der Waals surface area contributed by atoms with Gasteiger partial charge in [-0.25, -0.2) is 9.07 Å². The Kier molecular flexibility index (Phi) is 5.16. The molecule has 1 heterocycles. The molecular formula is C18H14F4N3O2S-. The van der Waals surface area contributed by atoms with E-state index in [9.17, 15) is 21.8 Å². The highest BCUT2D eigenvalue weighted by atomic mass is 32.2. The first-order valence-electron chi connectivity index (χ1n) is 7.87. The fourth-order valence-corrected chi connectivity index (χ4v) is 3.33. The lowest BCUT2D eigenvalue weighted by Gasteiger charge is -2.17. The average Bonchev–Trinajstić information content (AvgIpc) is 3.09. The Morgan fingerprint density at radius 2 is 1.79 bits per heavy atom. The van der Waals surface area contributed by atoms with Gasteiger partial charge < -0.3 is 13.7 Å². The van der Waals surface area contributed by atoms with Crippen molar-refractivity contribution < 1.29 is 26.5 Å². The van der Waals surface area contributed by atoms with Gasteiger partial charge in [0.15, 0.2) is 5.69 Å². The molecule has 1 aromatic heterocycles. The monoisotopic (exact) mass is 412 g/mol. The van der Waals surface area contributed by atoms with Crippen molar-refractivity contribution in [3.63, 3.8) is 0 Å². The number of hydrogen-bond acceptors (Lipinski definition) is 5. The van der Waals surface area contributed by atoms with Crippen LogP contribution >= 0.6 is 0 Å². The van der Waals surface area contributed by atoms with Gasteiger partial charge in [-0.2, -0.15) is 28.9 Å². The van der Waals surface area contributed by atoms with Crippen LogP contribution in [0.25, 0.3) is 16.9 Å². The molecule has 0 aliphatic carbocycles. The van der Waals surface area contributed by atoms with Gasteiger partial charge in [-0.1, -0.05) is 6.07 Å². The number of ether oxygens (including phenoxy) is 1. The Bertz CT molecular complexity index is 1100. The van der Waals surface area contributed by atoms with E-state index in [1.807, 2.05) is 0 Å². The van der Waals surface area contributed by atoms with E-state index in [1.165, 1.54) is 38.3 Å². The quantitative estimate of drug-likeness (QED) is 0.479. The van der Waals surface area contributed by atoms with E-state index in [0.717, 1.165) is 10.7 Å². The molecule has 0 saturated heterocycles. The second kappa shape index (κ2) is 7.27.